The van der Waals surface area contributed by atoms with Crippen molar-refractivity contribution in [3.8, 4) is 5.75 Å². The fourth-order valence-electron chi connectivity index (χ4n) is 3.33. The van der Waals surface area contributed by atoms with Gasteiger partial charge in [0.1, 0.15) is 12.4 Å². The van der Waals surface area contributed by atoms with Crippen molar-refractivity contribution in [2.24, 2.45) is 4.99 Å². The van der Waals surface area contributed by atoms with E-state index >= 15 is 0 Å². The minimum Gasteiger partial charge on any atom is -0.489 e. The summed E-state index contributed by atoms with van der Waals surface area (Å²) in [6, 6.07) is 24.3. The molecule has 0 bridgehead atoms. The number of aliphatic imine (C=N–C) groups is 1. The Hall–Kier alpha value is -2.46. The van der Waals surface area contributed by atoms with E-state index in [4.69, 9.17) is 21.3 Å². The Labute approximate surface area is 201 Å². The number of fused-ring (bicyclic) bond motifs is 1. The van der Waals surface area contributed by atoms with E-state index in [1.54, 1.807) is 0 Å². The van der Waals surface area contributed by atoms with Gasteiger partial charge in [-0.25, -0.2) is 0 Å². The van der Waals surface area contributed by atoms with Crippen LogP contribution in [0, 0.1) is 0 Å². The van der Waals surface area contributed by atoms with Gasteiger partial charge in [0.15, 0.2) is 0 Å². The molecule has 3 nitrogen and oxygen atoms in total. The predicted molar refractivity (Wildman–Crippen MR) is 137 cm³/mol. The zero-order valence-electron chi connectivity index (χ0n) is 17.2. The molecular weight excluding hydrogens is 451 g/mol. The van der Waals surface area contributed by atoms with Crippen LogP contribution in [0.25, 0.3) is 6.08 Å². The van der Waals surface area contributed by atoms with Crippen LogP contribution in [-0.4, -0.2) is 25.8 Å². The number of rotatable bonds is 5. The average molecular weight is 476 g/mol. The van der Waals surface area contributed by atoms with Crippen molar-refractivity contribution < 1.29 is 4.74 Å². The lowest BCUT2D eigenvalue weighted by Gasteiger charge is -2.19. The molecule has 0 amide bonds. The topological polar surface area (TPSA) is 24.8 Å². The summed E-state index contributed by atoms with van der Waals surface area (Å²) in [6.45, 7) is 2.18. The first-order chi connectivity index (χ1) is 14.2. The molecule has 3 aromatic carbocycles. The average Bonchev–Trinajstić information content (AvgIpc) is 2.90. The van der Waals surface area contributed by atoms with E-state index in [0.29, 0.717) is 6.61 Å². The number of hydrogen-bond acceptors (Lipinski definition) is 3. The van der Waals surface area contributed by atoms with Crippen LogP contribution in [0.4, 0.5) is 5.69 Å². The standard InChI is InChI=1S/C25H23ClN2O.2ClH/c1-28-15-14-27-24(23-12-11-21(26)17-25(23)28)13-10-19-8-5-9-22(16-19)29-18-20-6-3-2-4-7-20;;/h2-13,16-17H,14-15,18H2,1H3;2*1H. The van der Waals surface area contributed by atoms with Crippen LogP contribution in [0.1, 0.15) is 16.7 Å². The van der Waals surface area contributed by atoms with Gasteiger partial charge in [-0.1, -0.05) is 60.1 Å². The summed E-state index contributed by atoms with van der Waals surface area (Å²) in [6.07, 6.45) is 4.15. The highest BCUT2D eigenvalue weighted by Crippen LogP contribution is 2.27. The second kappa shape index (κ2) is 11.8. The molecule has 0 unspecified atom stereocenters. The molecule has 0 N–H and O–H groups in total. The maximum absolute atomic E-state index is 6.21. The summed E-state index contributed by atoms with van der Waals surface area (Å²) in [5.74, 6) is 0.853. The van der Waals surface area contributed by atoms with Crippen LogP contribution < -0.4 is 9.64 Å². The minimum atomic E-state index is 0. The van der Waals surface area contributed by atoms with Crippen molar-refractivity contribution >= 4 is 53.9 Å². The highest BCUT2D eigenvalue weighted by molar-refractivity contribution is 6.31. The SMILES string of the molecule is CN1CCN=C(C=Cc2cccc(OCc3ccccc3)c2)c2ccc(Cl)cc21.Cl.Cl. The van der Waals surface area contributed by atoms with Gasteiger partial charge in [0.25, 0.3) is 0 Å². The van der Waals surface area contributed by atoms with Crippen LogP contribution in [0.15, 0.2) is 83.9 Å². The molecule has 0 radical (unpaired) electrons. The zero-order valence-corrected chi connectivity index (χ0v) is 19.6. The third kappa shape index (κ3) is 6.51. The fraction of sp³-hybridized carbons (Fsp3) is 0.160. The van der Waals surface area contributed by atoms with Gasteiger partial charge in [-0.3, -0.25) is 4.99 Å². The molecule has 3 aromatic rings. The fourth-order valence-corrected chi connectivity index (χ4v) is 3.50. The lowest BCUT2D eigenvalue weighted by Crippen LogP contribution is -2.20. The largest absolute Gasteiger partial charge is 0.489 e. The second-order valence-corrected chi connectivity index (χ2v) is 7.47. The van der Waals surface area contributed by atoms with E-state index in [1.807, 2.05) is 54.6 Å². The minimum absolute atomic E-state index is 0. The Bertz CT molecular complexity index is 1050. The molecule has 0 fully saturated rings. The smallest absolute Gasteiger partial charge is 0.120 e. The number of ether oxygens (including phenoxy) is 1. The molecule has 0 atom stereocenters. The number of allylic oxidation sites excluding steroid dienone is 1. The van der Waals surface area contributed by atoms with E-state index in [-0.39, 0.29) is 24.8 Å². The van der Waals surface area contributed by atoms with E-state index in [1.165, 1.54) is 0 Å². The van der Waals surface area contributed by atoms with Crippen molar-refractivity contribution in [2.75, 3.05) is 25.0 Å². The third-order valence-corrected chi connectivity index (χ3v) is 5.14. The van der Waals surface area contributed by atoms with Crippen LogP contribution in [0.2, 0.25) is 5.02 Å². The first kappa shape index (κ1) is 24.8. The number of hydrogen-bond donors (Lipinski definition) is 0. The Balaban J connectivity index is 0.00000171. The second-order valence-electron chi connectivity index (χ2n) is 7.03. The van der Waals surface area contributed by atoms with Crippen molar-refractivity contribution in [1.82, 2.24) is 0 Å². The number of benzodiazepines with no additional fused rings is 1. The summed E-state index contributed by atoms with van der Waals surface area (Å²) < 4.78 is 5.94. The number of benzene rings is 3. The first-order valence-corrected chi connectivity index (χ1v) is 10.1. The molecular formula is C25H25Cl3N2O. The molecule has 31 heavy (non-hydrogen) atoms. The third-order valence-electron chi connectivity index (χ3n) is 4.90. The van der Waals surface area contributed by atoms with Crippen LogP contribution >= 0.6 is 36.4 Å². The van der Waals surface area contributed by atoms with Crippen molar-refractivity contribution in [3.05, 3.63) is 101 Å². The Morgan fingerprint density at radius 3 is 2.58 bits per heavy atom. The summed E-state index contributed by atoms with van der Waals surface area (Å²) in [7, 11) is 2.07. The summed E-state index contributed by atoms with van der Waals surface area (Å²) in [4.78, 5) is 6.97. The maximum Gasteiger partial charge on any atom is 0.120 e. The molecule has 1 heterocycles. The normalized spacial score (nSPS) is 12.8. The van der Waals surface area contributed by atoms with Crippen LogP contribution in [-0.2, 0) is 6.61 Å². The monoisotopic (exact) mass is 474 g/mol. The zero-order chi connectivity index (χ0) is 20.1. The van der Waals surface area contributed by atoms with Gasteiger partial charge in [0, 0.05) is 29.9 Å². The van der Waals surface area contributed by atoms with Gasteiger partial charge in [0.2, 0.25) is 0 Å². The number of likely N-dealkylation sites (N-methyl/N-ethyl adjacent to an activating group) is 1. The number of anilines is 1. The van der Waals surface area contributed by atoms with Crippen molar-refractivity contribution in [3.63, 3.8) is 0 Å². The van der Waals surface area contributed by atoms with Crippen molar-refractivity contribution in [1.29, 1.82) is 0 Å². The molecule has 4 rings (SSSR count). The Morgan fingerprint density at radius 1 is 0.968 bits per heavy atom. The molecule has 1 aliphatic heterocycles. The molecule has 0 saturated heterocycles. The summed E-state index contributed by atoms with van der Waals surface area (Å²) >= 11 is 6.21. The van der Waals surface area contributed by atoms with E-state index in [2.05, 4.69) is 42.3 Å². The lowest BCUT2D eigenvalue weighted by atomic mass is 10.1. The Kier molecular flexibility index (Phi) is 9.44. The number of nitrogens with zero attached hydrogens (tertiary/aromatic N) is 2. The highest BCUT2D eigenvalue weighted by atomic mass is 35.5. The Morgan fingerprint density at radius 2 is 1.77 bits per heavy atom. The van der Waals surface area contributed by atoms with Crippen molar-refractivity contribution in [2.45, 2.75) is 6.61 Å². The van der Waals surface area contributed by atoms with E-state index in [9.17, 15) is 0 Å². The summed E-state index contributed by atoms with van der Waals surface area (Å²) in [5, 5.41) is 0.740. The van der Waals surface area contributed by atoms with E-state index in [0.717, 1.165) is 52.0 Å². The molecule has 1 aliphatic rings. The summed E-state index contributed by atoms with van der Waals surface area (Å²) in [5.41, 5.74) is 5.41. The van der Waals surface area contributed by atoms with Crippen LogP contribution in [0.5, 0.6) is 5.75 Å². The predicted octanol–water partition coefficient (Wildman–Crippen LogP) is 6.71. The van der Waals surface area contributed by atoms with Gasteiger partial charge >= 0.3 is 0 Å². The molecule has 0 aliphatic carbocycles. The van der Waals surface area contributed by atoms with Crippen LogP contribution in [0.3, 0.4) is 0 Å². The lowest BCUT2D eigenvalue weighted by molar-refractivity contribution is 0.306. The van der Waals surface area contributed by atoms with Gasteiger partial charge < -0.3 is 9.64 Å². The molecule has 0 saturated carbocycles. The van der Waals surface area contributed by atoms with Gasteiger partial charge in [-0.05, 0) is 47.5 Å². The molecule has 6 heteroatoms. The maximum atomic E-state index is 6.21. The number of halogens is 3. The molecule has 0 aromatic heterocycles. The van der Waals surface area contributed by atoms with Gasteiger partial charge in [-0.2, -0.15) is 0 Å². The quantitative estimate of drug-likeness (QED) is 0.409. The van der Waals surface area contributed by atoms with Gasteiger partial charge in [0.05, 0.1) is 12.3 Å². The van der Waals surface area contributed by atoms with Gasteiger partial charge in [-0.15, -0.1) is 24.8 Å². The highest BCUT2D eigenvalue weighted by Gasteiger charge is 2.15. The first-order valence-electron chi connectivity index (χ1n) is 9.69. The molecule has 0 spiro atoms. The molecule has 162 valence electrons. The van der Waals surface area contributed by atoms with E-state index < -0.39 is 0 Å².